The van der Waals surface area contributed by atoms with E-state index < -0.39 is 0 Å². The van der Waals surface area contributed by atoms with Crippen molar-refractivity contribution >= 4 is 0 Å². The Morgan fingerprint density at radius 1 is 1.53 bits per heavy atom. The van der Waals surface area contributed by atoms with Crippen LogP contribution in [-0.2, 0) is 6.42 Å². The van der Waals surface area contributed by atoms with Gasteiger partial charge in [-0.3, -0.25) is 4.90 Å². The fraction of sp³-hybridized carbons (Fsp3) is 0.533. The number of hydrogen-bond donors (Lipinski definition) is 0. The summed E-state index contributed by atoms with van der Waals surface area (Å²) < 4.78 is 11.5. The van der Waals surface area contributed by atoms with Gasteiger partial charge in [0.15, 0.2) is 0 Å². The highest BCUT2D eigenvalue weighted by atomic mass is 16.5. The van der Waals surface area contributed by atoms with Crippen molar-refractivity contribution in [1.29, 1.82) is 5.26 Å². The van der Waals surface area contributed by atoms with E-state index in [1.165, 1.54) is 0 Å². The summed E-state index contributed by atoms with van der Waals surface area (Å²) in [5.74, 6) is 1.67. The molecule has 2 rings (SSSR count). The highest BCUT2D eigenvalue weighted by Crippen LogP contribution is 2.38. The molecule has 0 amide bonds. The fourth-order valence-corrected chi connectivity index (χ4v) is 2.41. The van der Waals surface area contributed by atoms with E-state index >= 15 is 0 Å². The number of rotatable bonds is 4. The number of nitrogens with zero attached hydrogens (tertiary/aromatic N) is 2. The molecule has 0 N–H and O–H groups in total. The molecule has 0 fully saturated rings. The second-order valence-electron chi connectivity index (χ2n) is 5.06. The molecular weight excluding hydrogens is 240 g/mol. The van der Waals surface area contributed by atoms with Crippen LogP contribution in [0.15, 0.2) is 12.1 Å². The van der Waals surface area contributed by atoms with Crippen molar-refractivity contribution in [2.24, 2.45) is 0 Å². The zero-order chi connectivity index (χ0) is 14.0. The van der Waals surface area contributed by atoms with Gasteiger partial charge in [-0.05, 0) is 40.1 Å². The second kappa shape index (κ2) is 5.50. The van der Waals surface area contributed by atoms with Gasteiger partial charge < -0.3 is 9.47 Å². The Balaban J connectivity index is 2.47. The summed E-state index contributed by atoms with van der Waals surface area (Å²) in [7, 11) is 3.78. The highest BCUT2D eigenvalue weighted by Gasteiger charge is 2.25. The van der Waals surface area contributed by atoms with Gasteiger partial charge in [0, 0.05) is 17.5 Å². The second-order valence-corrected chi connectivity index (χ2v) is 5.06. The van der Waals surface area contributed by atoms with Crippen molar-refractivity contribution in [3.05, 3.63) is 23.3 Å². The molecule has 0 radical (unpaired) electrons. The Morgan fingerprint density at radius 3 is 2.84 bits per heavy atom. The molecule has 4 nitrogen and oxygen atoms in total. The van der Waals surface area contributed by atoms with E-state index in [2.05, 4.69) is 6.07 Å². The third kappa shape index (κ3) is 2.66. The fourth-order valence-electron chi connectivity index (χ4n) is 2.41. The molecular formula is C15H20N2O2. The summed E-state index contributed by atoms with van der Waals surface area (Å²) in [5, 5.41) is 9.36. The van der Waals surface area contributed by atoms with Crippen molar-refractivity contribution in [1.82, 2.24) is 4.90 Å². The first kappa shape index (κ1) is 13.7. The van der Waals surface area contributed by atoms with E-state index in [0.717, 1.165) is 29.0 Å². The molecule has 0 aliphatic carbocycles. The van der Waals surface area contributed by atoms with Gasteiger partial charge in [-0.15, -0.1) is 0 Å². The minimum absolute atomic E-state index is 0.194. The maximum Gasteiger partial charge on any atom is 0.127 e. The molecule has 0 saturated heterocycles. The Kier molecular flexibility index (Phi) is 3.96. The van der Waals surface area contributed by atoms with Gasteiger partial charge in [-0.2, -0.15) is 5.26 Å². The van der Waals surface area contributed by atoms with E-state index in [0.29, 0.717) is 6.61 Å². The molecule has 2 atom stereocenters. The van der Waals surface area contributed by atoms with Crippen LogP contribution in [0.1, 0.15) is 31.0 Å². The van der Waals surface area contributed by atoms with Gasteiger partial charge in [-0.25, -0.2) is 0 Å². The van der Waals surface area contributed by atoms with Crippen LogP contribution in [0, 0.1) is 11.3 Å². The van der Waals surface area contributed by atoms with Crippen LogP contribution in [0.25, 0.3) is 0 Å². The lowest BCUT2D eigenvalue weighted by atomic mass is 10.0. The van der Waals surface area contributed by atoms with E-state index in [4.69, 9.17) is 9.47 Å². The molecule has 4 heteroatoms. The normalized spacial score (nSPS) is 18.6. The molecule has 1 aliphatic heterocycles. The van der Waals surface area contributed by atoms with Crippen LogP contribution in [-0.4, -0.2) is 31.7 Å². The minimum Gasteiger partial charge on any atom is -0.493 e. The van der Waals surface area contributed by atoms with Crippen LogP contribution >= 0.6 is 0 Å². The molecule has 1 aliphatic rings. The Bertz CT molecular complexity index is 506. The Labute approximate surface area is 114 Å². The highest BCUT2D eigenvalue weighted by molar-refractivity contribution is 5.51. The van der Waals surface area contributed by atoms with Crippen LogP contribution in [0.5, 0.6) is 11.5 Å². The summed E-state index contributed by atoms with van der Waals surface area (Å²) in [6, 6.07) is 5.96. The van der Waals surface area contributed by atoms with Gasteiger partial charge in [0.2, 0.25) is 0 Å². The summed E-state index contributed by atoms with van der Waals surface area (Å²) in [5.41, 5.74) is 2.04. The van der Waals surface area contributed by atoms with Crippen molar-refractivity contribution in [3.63, 3.8) is 0 Å². The van der Waals surface area contributed by atoms with Gasteiger partial charge >= 0.3 is 0 Å². The molecule has 19 heavy (non-hydrogen) atoms. The zero-order valence-electron chi connectivity index (χ0n) is 11.9. The first-order valence-corrected chi connectivity index (χ1v) is 6.59. The van der Waals surface area contributed by atoms with Crippen LogP contribution in [0.2, 0.25) is 0 Å². The molecule has 2 unspecified atom stereocenters. The van der Waals surface area contributed by atoms with E-state index in [1.54, 1.807) is 0 Å². The first-order valence-electron chi connectivity index (χ1n) is 6.59. The molecule has 0 aromatic heterocycles. The number of ether oxygens (including phenoxy) is 2. The predicted molar refractivity (Wildman–Crippen MR) is 73.4 cm³/mol. The molecule has 0 saturated carbocycles. The third-order valence-electron chi connectivity index (χ3n) is 3.26. The van der Waals surface area contributed by atoms with E-state index in [-0.39, 0.29) is 12.1 Å². The summed E-state index contributed by atoms with van der Waals surface area (Å²) in [6.45, 7) is 4.59. The molecule has 102 valence electrons. The SMILES string of the molecule is CCOc1cc2c(cc1C(C#N)N(C)C)OC(C)C2. The number of hydrogen-bond acceptors (Lipinski definition) is 4. The molecule has 1 aromatic rings. The maximum atomic E-state index is 9.36. The third-order valence-corrected chi connectivity index (χ3v) is 3.26. The van der Waals surface area contributed by atoms with Gasteiger partial charge in [0.05, 0.1) is 12.7 Å². The Hall–Kier alpha value is -1.73. The predicted octanol–water partition coefficient (Wildman–Crippen LogP) is 2.53. The van der Waals surface area contributed by atoms with Crippen LogP contribution < -0.4 is 9.47 Å². The number of nitriles is 1. The van der Waals surface area contributed by atoms with Gasteiger partial charge in [-0.1, -0.05) is 0 Å². The topological polar surface area (TPSA) is 45.5 Å². The smallest absolute Gasteiger partial charge is 0.127 e. The van der Waals surface area contributed by atoms with Crippen LogP contribution in [0.4, 0.5) is 0 Å². The summed E-state index contributed by atoms with van der Waals surface area (Å²) >= 11 is 0. The van der Waals surface area contributed by atoms with E-state index in [9.17, 15) is 5.26 Å². The van der Waals surface area contributed by atoms with Crippen molar-refractivity contribution < 1.29 is 9.47 Å². The summed E-state index contributed by atoms with van der Waals surface area (Å²) in [6.07, 6.45) is 1.09. The number of benzene rings is 1. The largest absolute Gasteiger partial charge is 0.493 e. The van der Waals surface area contributed by atoms with Gasteiger partial charge in [0.1, 0.15) is 23.6 Å². The average molecular weight is 260 g/mol. The summed E-state index contributed by atoms with van der Waals surface area (Å²) in [4.78, 5) is 1.88. The standard InChI is InChI=1S/C15H20N2O2/c1-5-18-15-7-11-6-10(2)19-14(11)8-12(15)13(9-16)17(3)4/h7-8,10,13H,5-6H2,1-4H3. The lowest BCUT2D eigenvalue weighted by molar-refractivity contribution is 0.253. The van der Waals surface area contributed by atoms with Gasteiger partial charge in [0.25, 0.3) is 0 Å². The molecule has 1 aromatic carbocycles. The van der Waals surface area contributed by atoms with Crippen LogP contribution in [0.3, 0.4) is 0 Å². The molecule has 1 heterocycles. The zero-order valence-corrected chi connectivity index (χ0v) is 11.9. The average Bonchev–Trinajstić information content (AvgIpc) is 2.69. The Morgan fingerprint density at radius 2 is 2.26 bits per heavy atom. The van der Waals surface area contributed by atoms with E-state index in [1.807, 2.05) is 45.0 Å². The lowest BCUT2D eigenvalue weighted by Gasteiger charge is -2.21. The monoisotopic (exact) mass is 260 g/mol. The molecule has 0 spiro atoms. The number of fused-ring (bicyclic) bond motifs is 1. The van der Waals surface area contributed by atoms with Crippen molar-refractivity contribution in [2.45, 2.75) is 32.4 Å². The van der Waals surface area contributed by atoms with Crippen molar-refractivity contribution in [3.8, 4) is 17.6 Å². The van der Waals surface area contributed by atoms with Crippen molar-refractivity contribution in [2.75, 3.05) is 20.7 Å². The minimum atomic E-state index is -0.327. The first-order chi connectivity index (χ1) is 9.06. The lowest BCUT2D eigenvalue weighted by Crippen LogP contribution is -2.19. The molecule has 0 bridgehead atoms. The maximum absolute atomic E-state index is 9.36. The quantitative estimate of drug-likeness (QED) is 0.834.